The summed E-state index contributed by atoms with van der Waals surface area (Å²) in [7, 11) is -2.72. The normalized spacial score (nSPS) is 11.7. The highest BCUT2D eigenvalue weighted by molar-refractivity contribution is 7.19. The predicted octanol–water partition coefficient (Wildman–Crippen LogP) is 14.9. The molecule has 0 unspecified atom stereocenters. The Morgan fingerprint density at radius 3 is 1.49 bits per heavy atom. The second-order valence-corrected chi connectivity index (χ2v) is 21.8. The molecule has 0 bridgehead atoms. The molecule has 3 nitrogen and oxygen atoms in total. The lowest BCUT2D eigenvalue weighted by Gasteiger charge is -2.34. The number of furan rings is 1. The Morgan fingerprint density at radius 2 is 0.829 bits per heavy atom. The molecule has 13 rings (SSSR count). The number of hydrogen-bond donors (Lipinski definition) is 0. The van der Waals surface area contributed by atoms with Crippen LogP contribution in [0.2, 0.25) is 0 Å². The molecule has 0 fully saturated rings. The van der Waals surface area contributed by atoms with Crippen molar-refractivity contribution >= 4 is 89.6 Å². The number of hydrogen-bond acceptors (Lipinski definition) is 2. The highest BCUT2D eigenvalue weighted by atomic mass is 28.3. The molecule has 70 heavy (non-hydrogen) atoms. The van der Waals surface area contributed by atoms with Crippen molar-refractivity contribution in [1.29, 1.82) is 0 Å². The Morgan fingerprint density at radius 1 is 0.329 bits per heavy atom. The minimum Gasteiger partial charge on any atom is -0.456 e. The molecule has 2 heterocycles. The summed E-state index contributed by atoms with van der Waals surface area (Å²) >= 11 is 0. The number of para-hydroxylation sites is 3. The van der Waals surface area contributed by atoms with Gasteiger partial charge in [-0.2, -0.15) is 0 Å². The van der Waals surface area contributed by atoms with E-state index in [0.29, 0.717) is 0 Å². The topological polar surface area (TPSA) is 21.3 Å². The molecule has 0 spiro atoms. The van der Waals surface area contributed by atoms with E-state index in [1.165, 1.54) is 42.6 Å². The van der Waals surface area contributed by atoms with Gasteiger partial charge in [-0.3, -0.25) is 0 Å². The summed E-state index contributed by atoms with van der Waals surface area (Å²) in [6.07, 6.45) is 0. The van der Waals surface area contributed by atoms with Crippen molar-refractivity contribution in [2.75, 3.05) is 4.90 Å². The number of fused-ring (bicyclic) bond motifs is 6. The lowest BCUT2D eigenvalue weighted by atomic mass is 9.99. The molecule has 2 aromatic heterocycles. The monoisotopic (exact) mass is 910 g/mol. The van der Waals surface area contributed by atoms with Crippen LogP contribution < -0.4 is 25.6 Å². The van der Waals surface area contributed by atoms with Gasteiger partial charge in [0.2, 0.25) is 0 Å². The van der Waals surface area contributed by atoms with E-state index in [2.05, 4.69) is 276 Å². The maximum absolute atomic E-state index is 6.32. The molecular formula is C66H46N2OSi. The molecule has 0 atom stereocenters. The molecule has 0 saturated heterocycles. The smallest absolute Gasteiger partial charge is 0.179 e. The van der Waals surface area contributed by atoms with Crippen LogP contribution in [0.3, 0.4) is 0 Å². The summed E-state index contributed by atoms with van der Waals surface area (Å²) < 4.78 is 8.71. The molecule has 13 aromatic rings. The van der Waals surface area contributed by atoms with E-state index >= 15 is 0 Å². The Hall–Kier alpha value is -8.96. The number of anilines is 3. The summed E-state index contributed by atoms with van der Waals surface area (Å²) in [6, 6.07) is 102. The largest absolute Gasteiger partial charge is 0.456 e. The molecular weight excluding hydrogens is 865 g/mol. The van der Waals surface area contributed by atoms with Crippen LogP contribution in [0, 0.1) is 0 Å². The van der Waals surface area contributed by atoms with Crippen LogP contribution in [0.5, 0.6) is 0 Å². The van der Waals surface area contributed by atoms with Crippen molar-refractivity contribution in [1.82, 2.24) is 4.57 Å². The van der Waals surface area contributed by atoms with Gasteiger partial charge in [-0.25, -0.2) is 0 Å². The van der Waals surface area contributed by atoms with Gasteiger partial charge in [-0.15, -0.1) is 0 Å². The molecule has 0 aliphatic rings. The third kappa shape index (κ3) is 6.80. The van der Waals surface area contributed by atoms with Gasteiger partial charge >= 0.3 is 0 Å². The van der Waals surface area contributed by atoms with E-state index in [9.17, 15) is 0 Å². The van der Waals surface area contributed by atoms with E-state index < -0.39 is 8.07 Å². The highest BCUT2D eigenvalue weighted by Crippen LogP contribution is 2.45. The van der Waals surface area contributed by atoms with Crippen LogP contribution in [-0.2, 0) is 0 Å². The van der Waals surface area contributed by atoms with Crippen LogP contribution in [0.1, 0.15) is 0 Å². The first-order chi connectivity index (χ1) is 34.7. The predicted molar refractivity (Wildman–Crippen MR) is 297 cm³/mol. The Bertz CT molecular complexity index is 3880. The molecule has 4 heteroatoms. The first-order valence-corrected chi connectivity index (χ1v) is 26.0. The average molecular weight is 911 g/mol. The lowest BCUT2D eigenvalue weighted by Crippen LogP contribution is -2.74. The molecule has 0 amide bonds. The van der Waals surface area contributed by atoms with E-state index in [1.807, 2.05) is 12.1 Å². The first-order valence-electron chi connectivity index (χ1n) is 24.0. The molecule has 0 aliphatic carbocycles. The zero-order valence-corrected chi connectivity index (χ0v) is 39.4. The van der Waals surface area contributed by atoms with Gasteiger partial charge in [0.25, 0.3) is 0 Å². The van der Waals surface area contributed by atoms with Gasteiger partial charge < -0.3 is 13.9 Å². The number of rotatable bonds is 10. The maximum Gasteiger partial charge on any atom is 0.179 e. The minimum absolute atomic E-state index is 0.893. The fourth-order valence-electron chi connectivity index (χ4n) is 11.1. The summed E-state index contributed by atoms with van der Waals surface area (Å²) in [4.78, 5) is 2.43. The van der Waals surface area contributed by atoms with Crippen molar-refractivity contribution in [3.05, 3.63) is 279 Å². The van der Waals surface area contributed by atoms with Crippen LogP contribution in [-0.4, -0.2) is 12.6 Å². The third-order valence-electron chi connectivity index (χ3n) is 14.1. The number of aromatic nitrogens is 1. The van der Waals surface area contributed by atoms with Crippen molar-refractivity contribution in [3.8, 4) is 27.9 Å². The van der Waals surface area contributed by atoms with E-state index in [1.54, 1.807) is 0 Å². The van der Waals surface area contributed by atoms with Crippen LogP contribution >= 0.6 is 0 Å². The Kier molecular flexibility index (Phi) is 10.2. The van der Waals surface area contributed by atoms with Crippen molar-refractivity contribution in [2.45, 2.75) is 0 Å². The SMILES string of the molecule is c1ccc(-n2c3ccccc3c3c(N(c4ccc(-c5cccc([Si](c6ccccc6)(c6ccccc6)c6ccccc6)c5)cc4)c4ccc(-c5cccc6oc7ccccc7c56)cc4)cccc32)cc1. The van der Waals surface area contributed by atoms with Crippen molar-refractivity contribution in [3.63, 3.8) is 0 Å². The van der Waals surface area contributed by atoms with Crippen LogP contribution in [0.15, 0.2) is 283 Å². The third-order valence-corrected chi connectivity index (χ3v) is 18.9. The summed E-state index contributed by atoms with van der Waals surface area (Å²) in [5, 5.41) is 10.1. The standard InChI is InChI=1S/C66H46N2OSi/c1-5-21-50(22-6-1)68-60-33-15-13-30-58(60)66-61(34-19-35-62(66)68)67(52-44-40-48(41-45-52)57-32-18-37-64-65(57)59-31-14-16-36-63(59)69-64)51-42-38-47(39-43-51)49-20-17-29-56(46-49)70(53-23-7-2-8-24-53,54-25-9-3-10-26-54)55-27-11-4-12-28-55/h1-46H. The van der Waals surface area contributed by atoms with Crippen molar-refractivity contribution in [2.24, 2.45) is 0 Å². The van der Waals surface area contributed by atoms with Gasteiger partial charge in [-0.1, -0.05) is 212 Å². The zero-order chi connectivity index (χ0) is 46.4. The molecule has 0 saturated carbocycles. The van der Waals surface area contributed by atoms with Gasteiger partial charge in [0, 0.05) is 38.6 Å². The number of benzene rings is 11. The maximum atomic E-state index is 6.32. The lowest BCUT2D eigenvalue weighted by molar-refractivity contribution is 0.669. The van der Waals surface area contributed by atoms with Crippen LogP contribution in [0.25, 0.3) is 71.7 Å². The minimum atomic E-state index is -2.72. The highest BCUT2D eigenvalue weighted by Gasteiger charge is 2.41. The fraction of sp³-hybridized carbons (Fsp3) is 0. The summed E-state index contributed by atoms with van der Waals surface area (Å²) in [5.74, 6) is 0. The molecule has 330 valence electrons. The van der Waals surface area contributed by atoms with Gasteiger partial charge in [0.15, 0.2) is 8.07 Å². The van der Waals surface area contributed by atoms with E-state index in [4.69, 9.17) is 4.42 Å². The molecule has 0 aliphatic heterocycles. The molecule has 0 radical (unpaired) electrons. The quantitative estimate of drug-likeness (QED) is 0.101. The Labute approximate surface area is 408 Å². The zero-order valence-electron chi connectivity index (χ0n) is 38.4. The second kappa shape index (κ2) is 17.3. The number of nitrogens with zero attached hydrogens (tertiary/aromatic N) is 2. The fourth-order valence-corrected chi connectivity index (χ4v) is 15.9. The molecule has 11 aromatic carbocycles. The van der Waals surface area contributed by atoms with Gasteiger partial charge in [-0.05, 0) is 110 Å². The van der Waals surface area contributed by atoms with Gasteiger partial charge in [0.05, 0.1) is 16.7 Å². The van der Waals surface area contributed by atoms with Crippen LogP contribution in [0.4, 0.5) is 17.1 Å². The summed E-state index contributed by atoms with van der Waals surface area (Å²) in [6.45, 7) is 0. The first kappa shape index (κ1) is 41.2. The van der Waals surface area contributed by atoms with Gasteiger partial charge in [0.1, 0.15) is 11.2 Å². The average Bonchev–Trinajstić information content (AvgIpc) is 4.00. The van der Waals surface area contributed by atoms with Crippen molar-refractivity contribution < 1.29 is 4.42 Å². The summed E-state index contributed by atoms with van der Waals surface area (Å²) in [5.41, 5.74) is 13.1. The van der Waals surface area contributed by atoms with E-state index in [-0.39, 0.29) is 0 Å². The molecule has 0 N–H and O–H groups in total. The van der Waals surface area contributed by atoms with E-state index in [0.717, 1.165) is 66.9 Å². The second-order valence-electron chi connectivity index (χ2n) is 18.0. The Balaban J connectivity index is 0.972.